The lowest BCUT2D eigenvalue weighted by Gasteiger charge is -2.29. The molecule has 3 aliphatic rings. The van der Waals surface area contributed by atoms with Crippen LogP contribution < -0.4 is 0 Å². The van der Waals surface area contributed by atoms with E-state index in [2.05, 4.69) is 0 Å². The molecule has 0 aliphatic heterocycles. The predicted octanol–water partition coefficient (Wildman–Crippen LogP) is 3.08. The molecule has 3 fully saturated rings. The van der Waals surface area contributed by atoms with Crippen LogP contribution >= 0.6 is 0 Å². The van der Waals surface area contributed by atoms with Gasteiger partial charge in [-0.15, -0.1) is 0 Å². The van der Waals surface area contributed by atoms with Crippen LogP contribution in [0.4, 0.5) is 0 Å². The maximum atomic E-state index is 10.9. The van der Waals surface area contributed by atoms with E-state index in [1.165, 1.54) is 25.7 Å². The monoisotopic (exact) mass is 252 g/mol. The van der Waals surface area contributed by atoms with Crippen LogP contribution in [0.2, 0.25) is 0 Å². The van der Waals surface area contributed by atoms with Crippen molar-refractivity contribution in [3.05, 3.63) is 0 Å². The first kappa shape index (κ1) is 12.5. The summed E-state index contributed by atoms with van der Waals surface area (Å²) in [6.07, 6.45) is 9.52. The van der Waals surface area contributed by atoms with Crippen LogP contribution in [0, 0.1) is 23.7 Å². The first-order valence-corrected chi connectivity index (χ1v) is 7.56. The highest BCUT2D eigenvalue weighted by Gasteiger charge is 2.39. The Morgan fingerprint density at radius 1 is 1.06 bits per heavy atom. The summed E-state index contributed by atoms with van der Waals surface area (Å²) in [5, 5.41) is 8.96. The average molecular weight is 252 g/mol. The average Bonchev–Trinajstić information content (AvgIpc) is 2.99. The Hall–Kier alpha value is -0.570. The van der Waals surface area contributed by atoms with Gasteiger partial charge in [-0.2, -0.15) is 0 Å². The second kappa shape index (κ2) is 5.20. The molecular formula is C15H24O3. The van der Waals surface area contributed by atoms with Crippen molar-refractivity contribution in [2.75, 3.05) is 6.61 Å². The molecule has 1 N–H and O–H groups in total. The summed E-state index contributed by atoms with van der Waals surface area (Å²) >= 11 is 0. The number of aliphatic carboxylic acids is 1. The van der Waals surface area contributed by atoms with E-state index in [-0.39, 0.29) is 5.92 Å². The summed E-state index contributed by atoms with van der Waals surface area (Å²) in [6, 6.07) is 0. The first-order chi connectivity index (χ1) is 8.72. The van der Waals surface area contributed by atoms with Gasteiger partial charge in [0.2, 0.25) is 0 Å². The Kier molecular flexibility index (Phi) is 3.60. The molecule has 3 unspecified atom stereocenters. The highest BCUT2D eigenvalue weighted by molar-refractivity contribution is 5.70. The van der Waals surface area contributed by atoms with E-state index in [0.717, 1.165) is 50.0 Å². The minimum Gasteiger partial charge on any atom is -0.481 e. The molecule has 0 amide bonds. The van der Waals surface area contributed by atoms with Crippen molar-refractivity contribution in [2.24, 2.45) is 23.7 Å². The van der Waals surface area contributed by atoms with Crippen molar-refractivity contribution in [1.82, 2.24) is 0 Å². The van der Waals surface area contributed by atoms with E-state index in [4.69, 9.17) is 9.84 Å². The Balaban J connectivity index is 1.38. The molecule has 3 rings (SSSR count). The Morgan fingerprint density at radius 3 is 2.39 bits per heavy atom. The van der Waals surface area contributed by atoms with E-state index in [1.54, 1.807) is 0 Å². The van der Waals surface area contributed by atoms with Crippen LogP contribution in [0.1, 0.15) is 51.4 Å². The van der Waals surface area contributed by atoms with Gasteiger partial charge in [0.15, 0.2) is 0 Å². The van der Waals surface area contributed by atoms with Crippen molar-refractivity contribution in [3.63, 3.8) is 0 Å². The standard InChI is InChI=1S/C15H24O3/c16-15(17)11-3-5-14(6-4-11)18-9-13-8-10-1-2-12(13)7-10/h10-14H,1-9H2,(H,16,17). The van der Waals surface area contributed by atoms with Crippen molar-refractivity contribution < 1.29 is 14.6 Å². The Bertz CT molecular complexity index is 307. The van der Waals surface area contributed by atoms with Gasteiger partial charge in [0, 0.05) is 0 Å². The molecule has 102 valence electrons. The van der Waals surface area contributed by atoms with Gasteiger partial charge in [0.25, 0.3) is 0 Å². The quantitative estimate of drug-likeness (QED) is 0.836. The van der Waals surface area contributed by atoms with Gasteiger partial charge in [-0.25, -0.2) is 0 Å². The summed E-state index contributed by atoms with van der Waals surface area (Å²) in [5.41, 5.74) is 0. The molecule has 0 aromatic rings. The van der Waals surface area contributed by atoms with Crippen molar-refractivity contribution >= 4 is 5.97 Å². The molecule has 0 spiro atoms. The van der Waals surface area contributed by atoms with E-state index in [0.29, 0.717) is 6.10 Å². The van der Waals surface area contributed by atoms with Crippen molar-refractivity contribution in [1.29, 1.82) is 0 Å². The normalized spacial score (nSPS) is 43.2. The smallest absolute Gasteiger partial charge is 0.306 e. The van der Waals surface area contributed by atoms with Crippen molar-refractivity contribution in [3.8, 4) is 0 Å². The van der Waals surface area contributed by atoms with Gasteiger partial charge in [-0.3, -0.25) is 4.79 Å². The second-order valence-corrected chi connectivity index (χ2v) is 6.58. The van der Waals surface area contributed by atoms with Gasteiger partial charge in [0.1, 0.15) is 0 Å². The van der Waals surface area contributed by atoms with E-state index in [1.807, 2.05) is 0 Å². The van der Waals surface area contributed by atoms with Crippen molar-refractivity contribution in [2.45, 2.75) is 57.5 Å². The fourth-order valence-electron chi connectivity index (χ4n) is 4.32. The lowest BCUT2D eigenvalue weighted by Crippen LogP contribution is -2.28. The molecule has 0 aromatic heterocycles. The van der Waals surface area contributed by atoms with Crippen LogP contribution in [0.3, 0.4) is 0 Å². The SMILES string of the molecule is O=C(O)C1CCC(OCC2CC3CCC2C3)CC1. The van der Waals surface area contributed by atoms with E-state index < -0.39 is 5.97 Å². The number of carboxylic acids is 1. The number of hydrogen-bond acceptors (Lipinski definition) is 2. The number of fused-ring (bicyclic) bond motifs is 2. The fourth-order valence-corrected chi connectivity index (χ4v) is 4.32. The van der Waals surface area contributed by atoms with Crippen LogP contribution in [0.5, 0.6) is 0 Å². The highest BCUT2D eigenvalue weighted by atomic mass is 16.5. The third-order valence-corrected chi connectivity index (χ3v) is 5.45. The molecule has 3 atom stereocenters. The minimum atomic E-state index is -0.624. The predicted molar refractivity (Wildman–Crippen MR) is 68.3 cm³/mol. The zero-order chi connectivity index (χ0) is 12.5. The molecule has 18 heavy (non-hydrogen) atoms. The molecule has 2 bridgehead atoms. The Labute approximate surface area is 109 Å². The minimum absolute atomic E-state index is 0.118. The summed E-state index contributed by atoms with van der Waals surface area (Å²) in [4.78, 5) is 10.9. The Morgan fingerprint density at radius 2 is 1.83 bits per heavy atom. The molecule has 3 nitrogen and oxygen atoms in total. The second-order valence-electron chi connectivity index (χ2n) is 6.58. The van der Waals surface area contributed by atoms with Crippen LogP contribution in [0.15, 0.2) is 0 Å². The molecule has 0 saturated heterocycles. The third-order valence-electron chi connectivity index (χ3n) is 5.45. The van der Waals surface area contributed by atoms with E-state index >= 15 is 0 Å². The third kappa shape index (κ3) is 2.56. The summed E-state index contributed by atoms with van der Waals surface area (Å²) < 4.78 is 6.05. The van der Waals surface area contributed by atoms with Crippen LogP contribution in [-0.4, -0.2) is 23.8 Å². The summed E-state index contributed by atoms with van der Waals surface area (Å²) in [7, 11) is 0. The largest absolute Gasteiger partial charge is 0.481 e. The number of carbonyl (C=O) groups is 1. The molecule has 3 heteroatoms. The lowest BCUT2D eigenvalue weighted by atomic mass is 9.87. The number of hydrogen-bond donors (Lipinski definition) is 1. The van der Waals surface area contributed by atoms with Gasteiger partial charge >= 0.3 is 5.97 Å². The summed E-state index contributed by atoms with van der Waals surface area (Å²) in [6.45, 7) is 0.934. The zero-order valence-electron chi connectivity index (χ0n) is 11.0. The number of carboxylic acid groups (broad SMARTS) is 1. The maximum Gasteiger partial charge on any atom is 0.306 e. The lowest BCUT2D eigenvalue weighted by molar-refractivity contribution is -0.144. The highest BCUT2D eigenvalue weighted by Crippen LogP contribution is 2.48. The molecule has 3 saturated carbocycles. The molecule has 0 aromatic carbocycles. The molecule has 0 radical (unpaired) electrons. The first-order valence-electron chi connectivity index (χ1n) is 7.56. The summed E-state index contributed by atoms with van der Waals surface area (Å²) in [5.74, 6) is 1.99. The zero-order valence-corrected chi connectivity index (χ0v) is 11.0. The number of rotatable bonds is 4. The van der Waals surface area contributed by atoms with Gasteiger partial charge in [-0.1, -0.05) is 6.42 Å². The number of ether oxygens (including phenoxy) is 1. The maximum absolute atomic E-state index is 10.9. The molecule has 0 heterocycles. The molecular weight excluding hydrogens is 228 g/mol. The van der Waals surface area contributed by atoms with Crippen LogP contribution in [-0.2, 0) is 9.53 Å². The van der Waals surface area contributed by atoms with Crippen LogP contribution in [0.25, 0.3) is 0 Å². The van der Waals surface area contributed by atoms with Gasteiger partial charge in [0.05, 0.1) is 18.6 Å². The van der Waals surface area contributed by atoms with E-state index in [9.17, 15) is 4.79 Å². The van der Waals surface area contributed by atoms with Gasteiger partial charge < -0.3 is 9.84 Å². The fraction of sp³-hybridized carbons (Fsp3) is 0.933. The van der Waals surface area contributed by atoms with Gasteiger partial charge in [-0.05, 0) is 62.7 Å². The molecule has 3 aliphatic carbocycles. The topological polar surface area (TPSA) is 46.5 Å².